The van der Waals surface area contributed by atoms with E-state index in [1.807, 2.05) is 12.1 Å². The van der Waals surface area contributed by atoms with Gasteiger partial charge in [0.05, 0.1) is 5.92 Å². The minimum absolute atomic E-state index is 0.200. The number of carboxylic acids is 1. The van der Waals surface area contributed by atoms with Crippen molar-refractivity contribution >= 4 is 23.3 Å². The Kier molecular flexibility index (Phi) is 3.29. The number of aliphatic carboxylic acids is 1. The molecule has 0 atom stereocenters. The number of nitrogens with zero attached hydrogens (tertiary/aromatic N) is 2. The number of rotatable bonds is 2. The maximum atomic E-state index is 10.8. The van der Waals surface area contributed by atoms with Crippen LogP contribution in [0, 0.1) is 5.92 Å². The van der Waals surface area contributed by atoms with Crippen LogP contribution in [0.25, 0.3) is 0 Å². The average molecular weight is 241 g/mol. The number of piperidine rings is 1. The quantitative estimate of drug-likeness (QED) is 0.804. The van der Waals surface area contributed by atoms with E-state index in [2.05, 4.69) is 9.88 Å². The van der Waals surface area contributed by atoms with E-state index in [0.717, 1.165) is 18.8 Å². The Morgan fingerprint density at radius 2 is 2.19 bits per heavy atom. The number of pyridine rings is 1. The van der Waals surface area contributed by atoms with E-state index >= 15 is 0 Å². The van der Waals surface area contributed by atoms with Gasteiger partial charge in [0.25, 0.3) is 0 Å². The predicted molar refractivity (Wildman–Crippen MR) is 61.8 cm³/mol. The van der Waals surface area contributed by atoms with Gasteiger partial charge in [-0.3, -0.25) is 4.79 Å². The molecule has 4 nitrogen and oxygen atoms in total. The predicted octanol–water partition coefficient (Wildman–Crippen LogP) is 2.04. The molecular weight excluding hydrogens is 228 g/mol. The van der Waals surface area contributed by atoms with Crippen LogP contribution >= 0.6 is 11.6 Å². The molecule has 16 heavy (non-hydrogen) atoms. The van der Waals surface area contributed by atoms with Crippen molar-refractivity contribution in [2.45, 2.75) is 12.8 Å². The molecule has 86 valence electrons. The van der Waals surface area contributed by atoms with Crippen molar-refractivity contribution in [1.29, 1.82) is 0 Å². The highest BCUT2D eigenvalue weighted by molar-refractivity contribution is 6.29. The number of carbonyl (C=O) groups is 1. The van der Waals surface area contributed by atoms with E-state index in [9.17, 15) is 4.79 Å². The Bertz CT molecular complexity index is 389. The second-order valence-electron chi connectivity index (χ2n) is 3.94. The molecule has 1 N–H and O–H groups in total. The van der Waals surface area contributed by atoms with E-state index in [1.54, 1.807) is 6.20 Å². The third-order valence-electron chi connectivity index (χ3n) is 2.92. The molecule has 0 aliphatic carbocycles. The lowest BCUT2D eigenvalue weighted by atomic mass is 9.97. The fourth-order valence-electron chi connectivity index (χ4n) is 1.97. The summed E-state index contributed by atoms with van der Waals surface area (Å²) < 4.78 is 0. The second-order valence-corrected chi connectivity index (χ2v) is 4.32. The summed E-state index contributed by atoms with van der Waals surface area (Å²) >= 11 is 5.81. The number of anilines is 1. The lowest BCUT2D eigenvalue weighted by Crippen LogP contribution is -2.36. The van der Waals surface area contributed by atoms with Gasteiger partial charge in [-0.15, -0.1) is 0 Å². The Morgan fingerprint density at radius 3 is 2.75 bits per heavy atom. The van der Waals surface area contributed by atoms with Crippen LogP contribution in [-0.4, -0.2) is 29.1 Å². The van der Waals surface area contributed by atoms with Crippen LogP contribution in [0.1, 0.15) is 12.8 Å². The van der Waals surface area contributed by atoms with Gasteiger partial charge in [-0.25, -0.2) is 4.98 Å². The summed E-state index contributed by atoms with van der Waals surface area (Å²) in [5.41, 5.74) is 1.02. The second kappa shape index (κ2) is 4.70. The van der Waals surface area contributed by atoms with Crippen molar-refractivity contribution in [3.05, 3.63) is 23.5 Å². The Balaban J connectivity index is 2.01. The molecule has 2 heterocycles. The van der Waals surface area contributed by atoms with Crippen molar-refractivity contribution in [2.75, 3.05) is 18.0 Å². The lowest BCUT2D eigenvalue weighted by Gasteiger charge is -2.31. The van der Waals surface area contributed by atoms with Crippen molar-refractivity contribution < 1.29 is 9.90 Å². The van der Waals surface area contributed by atoms with E-state index in [-0.39, 0.29) is 5.92 Å². The molecule has 1 aliphatic heterocycles. The highest BCUT2D eigenvalue weighted by Crippen LogP contribution is 2.24. The third-order valence-corrected chi connectivity index (χ3v) is 3.13. The zero-order valence-corrected chi connectivity index (χ0v) is 9.52. The van der Waals surface area contributed by atoms with Gasteiger partial charge in [0.15, 0.2) is 0 Å². The van der Waals surface area contributed by atoms with Crippen molar-refractivity contribution in [2.24, 2.45) is 5.92 Å². The summed E-state index contributed by atoms with van der Waals surface area (Å²) in [4.78, 5) is 16.9. The average Bonchev–Trinajstić information content (AvgIpc) is 2.29. The topological polar surface area (TPSA) is 53.4 Å². The summed E-state index contributed by atoms with van der Waals surface area (Å²) in [6.45, 7) is 1.52. The molecular formula is C11H13ClN2O2. The van der Waals surface area contributed by atoms with Gasteiger partial charge < -0.3 is 10.0 Å². The molecule has 0 bridgehead atoms. The zero-order valence-electron chi connectivity index (χ0n) is 8.77. The van der Waals surface area contributed by atoms with Gasteiger partial charge in [0.2, 0.25) is 0 Å². The smallest absolute Gasteiger partial charge is 0.306 e. The van der Waals surface area contributed by atoms with Gasteiger partial charge in [0, 0.05) is 25.0 Å². The number of hydrogen-bond donors (Lipinski definition) is 1. The van der Waals surface area contributed by atoms with E-state index in [0.29, 0.717) is 18.0 Å². The van der Waals surface area contributed by atoms with Gasteiger partial charge in [-0.05, 0) is 25.0 Å². The van der Waals surface area contributed by atoms with Crippen molar-refractivity contribution in [1.82, 2.24) is 4.98 Å². The van der Waals surface area contributed by atoms with Crippen molar-refractivity contribution in [3.63, 3.8) is 0 Å². The molecule has 2 rings (SSSR count). The Hall–Kier alpha value is -1.29. The Morgan fingerprint density at radius 1 is 1.50 bits per heavy atom. The van der Waals surface area contributed by atoms with Gasteiger partial charge in [0.1, 0.15) is 5.15 Å². The molecule has 0 unspecified atom stereocenters. The van der Waals surface area contributed by atoms with Crippen LogP contribution in [0.5, 0.6) is 0 Å². The van der Waals surface area contributed by atoms with Gasteiger partial charge in [-0.2, -0.15) is 0 Å². The molecule has 1 aromatic rings. The molecule has 0 aromatic carbocycles. The minimum Gasteiger partial charge on any atom is -0.481 e. The first kappa shape index (κ1) is 11.2. The summed E-state index contributed by atoms with van der Waals surface area (Å²) in [6.07, 6.45) is 3.05. The molecule has 0 spiro atoms. The third kappa shape index (κ3) is 2.44. The zero-order chi connectivity index (χ0) is 11.5. The van der Waals surface area contributed by atoms with Gasteiger partial charge in [-0.1, -0.05) is 11.6 Å². The van der Waals surface area contributed by atoms with E-state index < -0.39 is 5.97 Å². The summed E-state index contributed by atoms with van der Waals surface area (Å²) in [5, 5.41) is 9.36. The number of carboxylic acid groups (broad SMARTS) is 1. The maximum absolute atomic E-state index is 10.8. The first-order valence-electron chi connectivity index (χ1n) is 5.26. The van der Waals surface area contributed by atoms with Crippen LogP contribution < -0.4 is 4.90 Å². The fraction of sp³-hybridized carbons (Fsp3) is 0.455. The Labute approximate surface area is 98.9 Å². The number of hydrogen-bond acceptors (Lipinski definition) is 3. The molecule has 1 fully saturated rings. The molecule has 1 aliphatic rings. The fourth-order valence-corrected chi connectivity index (χ4v) is 2.14. The van der Waals surface area contributed by atoms with Crippen LogP contribution in [0.4, 0.5) is 5.69 Å². The summed E-state index contributed by atoms with van der Waals surface area (Å²) in [5.74, 6) is -0.888. The number of aromatic nitrogens is 1. The molecule has 5 heteroatoms. The first-order valence-corrected chi connectivity index (χ1v) is 5.64. The largest absolute Gasteiger partial charge is 0.481 e. The van der Waals surface area contributed by atoms with Crippen LogP contribution in [0.2, 0.25) is 5.15 Å². The van der Waals surface area contributed by atoms with Crippen LogP contribution in [0.3, 0.4) is 0 Å². The standard InChI is InChI=1S/C11H13ClN2O2/c12-10-7-9(1-4-13-10)14-5-2-8(3-6-14)11(15)16/h1,4,7-8H,2-3,5-6H2,(H,15,16). The maximum Gasteiger partial charge on any atom is 0.306 e. The van der Waals surface area contributed by atoms with E-state index in [1.165, 1.54) is 0 Å². The minimum atomic E-state index is -0.688. The SMILES string of the molecule is O=C(O)C1CCN(c2ccnc(Cl)c2)CC1. The highest BCUT2D eigenvalue weighted by Gasteiger charge is 2.24. The lowest BCUT2D eigenvalue weighted by molar-refractivity contribution is -0.142. The van der Waals surface area contributed by atoms with Crippen LogP contribution in [0.15, 0.2) is 18.3 Å². The number of halogens is 1. The molecule has 1 saturated heterocycles. The molecule has 1 aromatic heterocycles. The monoisotopic (exact) mass is 240 g/mol. The van der Waals surface area contributed by atoms with Crippen LogP contribution in [-0.2, 0) is 4.79 Å². The molecule has 0 amide bonds. The van der Waals surface area contributed by atoms with E-state index in [4.69, 9.17) is 16.7 Å². The van der Waals surface area contributed by atoms with Gasteiger partial charge >= 0.3 is 5.97 Å². The molecule has 0 saturated carbocycles. The summed E-state index contributed by atoms with van der Waals surface area (Å²) in [6, 6.07) is 3.70. The summed E-state index contributed by atoms with van der Waals surface area (Å²) in [7, 11) is 0. The highest BCUT2D eigenvalue weighted by atomic mass is 35.5. The molecule has 0 radical (unpaired) electrons. The normalized spacial score (nSPS) is 17.4. The first-order chi connectivity index (χ1) is 7.66. The van der Waals surface area contributed by atoms with Crippen molar-refractivity contribution in [3.8, 4) is 0 Å².